The third-order valence-electron chi connectivity index (χ3n) is 5.69. The predicted octanol–water partition coefficient (Wildman–Crippen LogP) is 3.13. The molecule has 1 amide bonds. The quantitative estimate of drug-likeness (QED) is 0.417. The van der Waals surface area contributed by atoms with Crippen molar-refractivity contribution in [3.8, 4) is 0 Å². The number of anilines is 1. The summed E-state index contributed by atoms with van der Waals surface area (Å²) in [5.41, 5.74) is 4.12. The van der Waals surface area contributed by atoms with Crippen molar-refractivity contribution in [2.45, 2.75) is 38.1 Å². The SMILES string of the molecule is Cc1nc2ncnn2c(C)c1CCC(=O)Nc1ccc(S(=O)(=O)N(C)Cc2ccccc2)cc1. The van der Waals surface area contributed by atoms with E-state index in [9.17, 15) is 13.2 Å². The standard InChI is InChI=1S/C24H26N6O3S/c1-17-22(18(2)30-24(27-17)25-16-26-30)13-14-23(31)28-20-9-11-21(12-10-20)34(32,33)29(3)15-19-7-5-4-6-8-19/h4-12,16H,13-15H2,1-3H3,(H,28,31). The summed E-state index contributed by atoms with van der Waals surface area (Å²) in [7, 11) is -2.10. The molecule has 0 fully saturated rings. The van der Waals surface area contributed by atoms with Crippen LogP contribution in [0.5, 0.6) is 0 Å². The number of carbonyl (C=O) groups is 1. The Balaban J connectivity index is 1.38. The number of rotatable bonds is 8. The molecule has 0 spiro atoms. The highest BCUT2D eigenvalue weighted by Gasteiger charge is 2.21. The molecular weight excluding hydrogens is 452 g/mol. The number of hydrogen-bond acceptors (Lipinski definition) is 6. The van der Waals surface area contributed by atoms with Gasteiger partial charge in [0, 0.05) is 37.1 Å². The van der Waals surface area contributed by atoms with E-state index in [1.165, 1.54) is 22.8 Å². The largest absolute Gasteiger partial charge is 0.326 e. The number of aromatic nitrogens is 4. The molecule has 0 unspecified atom stereocenters. The van der Waals surface area contributed by atoms with Gasteiger partial charge in [-0.15, -0.1) is 0 Å². The highest BCUT2D eigenvalue weighted by atomic mass is 32.2. The zero-order chi connectivity index (χ0) is 24.3. The van der Waals surface area contributed by atoms with Crippen molar-refractivity contribution in [3.05, 3.63) is 83.4 Å². The first-order chi connectivity index (χ1) is 16.3. The van der Waals surface area contributed by atoms with Gasteiger partial charge in [0.05, 0.1) is 4.90 Å². The second-order valence-corrected chi connectivity index (χ2v) is 10.1. The van der Waals surface area contributed by atoms with Gasteiger partial charge in [-0.25, -0.2) is 17.9 Å². The highest BCUT2D eigenvalue weighted by Crippen LogP contribution is 2.20. The minimum absolute atomic E-state index is 0.169. The summed E-state index contributed by atoms with van der Waals surface area (Å²) in [6.45, 7) is 4.09. The maximum Gasteiger partial charge on any atom is 0.252 e. The van der Waals surface area contributed by atoms with E-state index in [0.29, 0.717) is 17.9 Å². The topological polar surface area (TPSA) is 110 Å². The summed E-state index contributed by atoms with van der Waals surface area (Å²) in [5, 5.41) is 7.00. The first-order valence-electron chi connectivity index (χ1n) is 10.8. The van der Waals surface area contributed by atoms with Gasteiger partial charge in [0.25, 0.3) is 5.78 Å². The van der Waals surface area contributed by atoms with Crippen LogP contribution in [0.4, 0.5) is 5.69 Å². The molecule has 9 nitrogen and oxygen atoms in total. The lowest BCUT2D eigenvalue weighted by atomic mass is 10.1. The lowest BCUT2D eigenvalue weighted by molar-refractivity contribution is -0.116. The van der Waals surface area contributed by atoms with Gasteiger partial charge >= 0.3 is 0 Å². The van der Waals surface area contributed by atoms with Gasteiger partial charge in [0.1, 0.15) is 6.33 Å². The third-order valence-corrected chi connectivity index (χ3v) is 7.50. The number of nitrogens with one attached hydrogen (secondary N) is 1. The van der Waals surface area contributed by atoms with Gasteiger partial charge in [0.15, 0.2) is 0 Å². The maximum atomic E-state index is 12.9. The Kier molecular flexibility index (Phi) is 6.71. The molecule has 2 heterocycles. The zero-order valence-electron chi connectivity index (χ0n) is 19.3. The van der Waals surface area contributed by atoms with E-state index in [1.807, 2.05) is 44.2 Å². The fourth-order valence-electron chi connectivity index (χ4n) is 3.79. The number of hydrogen-bond donors (Lipinski definition) is 1. The number of carbonyl (C=O) groups excluding carboxylic acids is 1. The van der Waals surface area contributed by atoms with Gasteiger partial charge < -0.3 is 5.32 Å². The number of nitrogens with zero attached hydrogens (tertiary/aromatic N) is 5. The molecule has 0 aliphatic carbocycles. The van der Waals surface area contributed by atoms with Gasteiger partial charge in [-0.3, -0.25) is 4.79 Å². The van der Waals surface area contributed by atoms with E-state index in [4.69, 9.17) is 0 Å². The van der Waals surface area contributed by atoms with Crippen LogP contribution in [0.15, 0.2) is 65.8 Å². The molecule has 2 aromatic heterocycles. The monoisotopic (exact) mass is 478 g/mol. The molecule has 10 heteroatoms. The van der Waals surface area contributed by atoms with Crippen molar-refractivity contribution >= 4 is 27.4 Å². The lowest BCUT2D eigenvalue weighted by Gasteiger charge is -2.17. The molecule has 4 rings (SSSR count). The van der Waals surface area contributed by atoms with Gasteiger partial charge in [-0.2, -0.15) is 14.4 Å². The minimum Gasteiger partial charge on any atom is -0.326 e. The summed E-state index contributed by atoms with van der Waals surface area (Å²) < 4.78 is 28.7. The molecule has 0 bridgehead atoms. The molecule has 2 aromatic carbocycles. The van der Waals surface area contributed by atoms with E-state index in [1.54, 1.807) is 23.7 Å². The summed E-state index contributed by atoms with van der Waals surface area (Å²) in [4.78, 5) is 21.2. The van der Waals surface area contributed by atoms with Crippen LogP contribution in [-0.2, 0) is 27.8 Å². The zero-order valence-corrected chi connectivity index (χ0v) is 20.1. The van der Waals surface area contributed by atoms with Crippen molar-refractivity contribution in [2.75, 3.05) is 12.4 Å². The molecule has 4 aromatic rings. The Hall–Kier alpha value is -3.63. The second-order valence-electron chi connectivity index (χ2n) is 8.05. The molecular formula is C24H26N6O3S. The average molecular weight is 479 g/mol. The molecule has 0 saturated heterocycles. The van der Waals surface area contributed by atoms with E-state index in [0.717, 1.165) is 22.5 Å². The molecule has 0 aliphatic rings. The summed E-state index contributed by atoms with van der Waals surface area (Å²) >= 11 is 0. The van der Waals surface area contributed by atoms with Crippen molar-refractivity contribution in [1.82, 2.24) is 23.9 Å². The number of benzene rings is 2. The Morgan fingerprint density at radius 3 is 2.47 bits per heavy atom. The van der Waals surface area contributed by atoms with Crippen LogP contribution in [0, 0.1) is 13.8 Å². The Labute approximate surface area is 198 Å². The average Bonchev–Trinajstić information content (AvgIpc) is 3.28. The lowest BCUT2D eigenvalue weighted by Crippen LogP contribution is -2.26. The van der Waals surface area contributed by atoms with E-state index >= 15 is 0 Å². The van der Waals surface area contributed by atoms with E-state index < -0.39 is 10.0 Å². The molecule has 1 N–H and O–H groups in total. The molecule has 0 atom stereocenters. The molecule has 0 saturated carbocycles. The van der Waals surface area contributed by atoms with Crippen LogP contribution < -0.4 is 5.32 Å². The van der Waals surface area contributed by atoms with Gasteiger partial charge in [-0.05, 0) is 55.7 Å². The van der Waals surface area contributed by atoms with Gasteiger partial charge in [-0.1, -0.05) is 30.3 Å². The summed E-state index contributed by atoms with van der Waals surface area (Å²) in [6, 6.07) is 15.6. The number of fused-ring (bicyclic) bond motifs is 1. The predicted molar refractivity (Wildman–Crippen MR) is 129 cm³/mol. The number of aryl methyl sites for hydroxylation is 2. The second kappa shape index (κ2) is 9.70. The van der Waals surface area contributed by atoms with Crippen molar-refractivity contribution in [2.24, 2.45) is 0 Å². The van der Waals surface area contributed by atoms with E-state index in [-0.39, 0.29) is 23.8 Å². The number of amides is 1. The molecule has 0 radical (unpaired) electrons. The fourth-order valence-corrected chi connectivity index (χ4v) is 4.95. The summed E-state index contributed by atoms with van der Waals surface area (Å²) in [5.74, 6) is 0.363. The third kappa shape index (κ3) is 4.97. The molecule has 34 heavy (non-hydrogen) atoms. The smallest absolute Gasteiger partial charge is 0.252 e. The summed E-state index contributed by atoms with van der Waals surface area (Å²) in [6.07, 6.45) is 2.21. The van der Waals surface area contributed by atoms with Crippen molar-refractivity contribution < 1.29 is 13.2 Å². The van der Waals surface area contributed by atoms with Gasteiger partial charge in [0.2, 0.25) is 15.9 Å². The van der Waals surface area contributed by atoms with Crippen LogP contribution in [0.25, 0.3) is 5.78 Å². The van der Waals surface area contributed by atoms with Crippen LogP contribution in [0.2, 0.25) is 0 Å². The Bertz CT molecular complexity index is 1420. The first-order valence-corrected chi connectivity index (χ1v) is 12.3. The van der Waals surface area contributed by atoms with Crippen LogP contribution in [0.1, 0.15) is 28.9 Å². The molecule has 176 valence electrons. The van der Waals surface area contributed by atoms with Crippen molar-refractivity contribution in [1.29, 1.82) is 0 Å². The number of sulfonamides is 1. The molecule has 0 aliphatic heterocycles. The first kappa shape index (κ1) is 23.5. The van der Waals surface area contributed by atoms with E-state index in [2.05, 4.69) is 20.4 Å². The fraction of sp³-hybridized carbons (Fsp3) is 0.250. The van der Waals surface area contributed by atoms with Crippen molar-refractivity contribution in [3.63, 3.8) is 0 Å². The minimum atomic E-state index is -3.65. The maximum absolute atomic E-state index is 12.9. The van der Waals surface area contributed by atoms with Crippen LogP contribution in [0.3, 0.4) is 0 Å². The normalized spacial score (nSPS) is 11.8. The highest BCUT2D eigenvalue weighted by molar-refractivity contribution is 7.89. The van der Waals surface area contributed by atoms with Crippen LogP contribution >= 0.6 is 0 Å². The Morgan fingerprint density at radius 2 is 1.76 bits per heavy atom. The van der Waals surface area contributed by atoms with Crippen LogP contribution in [-0.4, -0.2) is 45.3 Å². The Morgan fingerprint density at radius 1 is 1.06 bits per heavy atom.